The molecule has 0 N–H and O–H groups in total. The van der Waals surface area contributed by atoms with Gasteiger partial charge in [0.2, 0.25) is 0 Å². The highest BCUT2D eigenvalue weighted by atomic mass is 79.9. The summed E-state index contributed by atoms with van der Waals surface area (Å²) in [5.74, 6) is 0. The first-order valence-corrected chi connectivity index (χ1v) is 6.47. The van der Waals surface area contributed by atoms with Gasteiger partial charge in [0.15, 0.2) is 0 Å². The smallest absolute Gasteiger partial charge is 0.367 e. The van der Waals surface area contributed by atoms with Gasteiger partial charge in [-0.15, -0.1) is 0 Å². The molecule has 0 saturated carbocycles. The Bertz CT molecular complexity index is 525. The summed E-state index contributed by atoms with van der Waals surface area (Å²) in [7, 11) is 0. The molecule has 0 aliphatic carbocycles. The number of carbonyl (C=O) groups excluding carboxylic acids is 1. The Morgan fingerprint density at radius 1 is 1.32 bits per heavy atom. The molecule has 1 aromatic carbocycles. The number of rotatable bonds is 2. The lowest BCUT2D eigenvalue weighted by Gasteiger charge is -2.30. The van der Waals surface area contributed by atoms with E-state index in [2.05, 4.69) is 15.9 Å². The molecule has 1 aromatic rings. The van der Waals surface area contributed by atoms with Crippen LogP contribution in [0.2, 0.25) is 0 Å². The molecule has 2 nitrogen and oxygen atoms in total. The van der Waals surface area contributed by atoms with Crippen LogP contribution in [0.1, 0.15) is 16.8 Å². The number of nitrogens with zero attached hydrogens (tertiary/aromatic N) is 1. The minimum absolute atomic E-state index is 0.0224. The van der Waals surface area contributed by atoms with Crippen molar-refractivity contribution < 1.29 is 18.0 Å². The lowest BCUT2D eigenvalue weighted by atomic mass is 10.1. The second-order valence-corrected chi connectivity index (χ2v) is 5.11. The highest BCUT2D eigenvalue weighted by Crippen LogP contribution is 2.33. The Hall–Kier alpha value is -1.30. The molecule has 2 rings (SSSR count). The molecule has 0 amide bonds. The number of halogens is 4. The van der Waals surface area contributed by atoms with Gasteiger partial charge in [0, 0.05) is 28.7 Å². The zero-order valence-electron chi connectivity index (χ0n) is 9.88. The maximum Gasteiger partial charge on any atom is 0.412 e. The summed E-state index contributed by atoms with van der Waals surface area (Å²) in [5, 5.41) is 0. The lowest BCUT2D eigenvalue weighted by molar-refractivity contribution is -0.0944. The topological polar surface area (TPSA) is 20.3 Å². The molecule has 6 heteroatoms. The van der Waals surface area contributed by atoms with E-state index in [0.29, 0.717) is 16.6 Å². The normalized spacial score (nSPS) is 16.2. The molecule has 0 saturated heterocycles. The van der Waals surface area contributed by atoms with Crippen LogP contribution >= 0.6 is 15.9 Å². The summed E-state index contributed by atoms with van der Waals surface area (Å²) in [6.45, 7) is 0.526. The molecule has 0 aromatic heterocycles. The predicted octanol–water partition coefficient (Wildman–Crippen LogP) is 3.96. The molecule has 1 aliphatic rings. The third kappa shape index (κ3) is 3.18. The first-order chi connectivity index (χ1) is 8.91. The van der Waals surface area contributed by atoms with Gasteiger partial charge >= 0.3 is 6.18 Å². The van der Waals surface area contributed by atoms with E-state index in [1.165, 1.54) is 6.08 Å². The van der Waals surface area contributed by atoms with E-state index in [9.17, 15) is 18.0 Å². The Kier molecular flexibility index (Phi) is 3.99. The van der Waals surface area contributed by atoms with Crippen LogP contribution in [0.4, 0.5) is 18.9 Å². The number of anilines is 1. The number of carbonyl (C=O) groups is 1. The van der Waals surface area contributed by atoms with E-state index >= 15 is 0 Å². The standard InChI is InChI=1S/C13H11BrF3NO/c14-11-7-9(8-19)1-2-12(11)18-5-3-10(4-6-18)13(15,16)17/h1-3,7-8H,4-6H2. The predicted molar refractivity (Wildman–Crippen MR) is 70.5 cm³/mol. The summed E-state index contributed by atoms with van der Waals surface area (Å²) >= 11 is 3.33. The Morgan fingerprint density at radius 2 is 2.05 bits per heavy atom. The number of aldehydes is 1. The van der Waals surface area contributed by atoms with Crippen molar-refractivity contribution in [3.8, 4) is 0 Å². The summed E-state index contributed by atoms with van der Waals surface area (Å²) in [6.07, 6.45) is -2.31. The van der Waals surface area contributed by atoms with Gasteiger partial charge < -0.3 is 4.90 Å². The minimum Gasteiger partial charge on any atom is -0.367 e. The van der Waals surface area contributed by atoms with Crippen molar-refractivity contribution in [1.29, 1.82) is 0 Å². The Morgan fingerprint density at radius 3 is 2.53 bits per heavy atom. The van der Waals surface area contributed by atoms with Gasteiger partial charge in [-0.25, -0.2) is 0 Å². The van der Waals surface area contributed by atoms with Gasteiger partial charge in [-0.1, -0.05) is 6.08 Å². The second kappa shape index (κ2) is 5.36. The number of hydrogen-bond acceptors (Lipinski definition) is 2. The van der Waals surface area contributed by atoms with Crippen molar-refractivity contribution in [2.75, 3.05) is 18.0 Å². The van der Waals surface area contributed by atoms with E-state index in [-0.39, 0.29) is 13.0 Å². The highest BCUT2D eigenvalue weighted by Gasteiger charge is 2.34. The first-order valence-electron chi connectivity index (χ1n) is 5.67. The first kappa shape index (κ1) is 14.1. The van der Waals surface area contributed by atoms with Gasteiger partial charge in [0.05, 0.1) is 5.69 Å². The summed E-state index contributed by atoms with van der Waals surface area (Å²) in [6, 6.07) is 5.04. The van der Waals surface area contributed by atoms with Crippen LogP contribution in [0.3, 0.4) is 0 Å². The lowest BCUT2D eigenvalue weighted by Crippen LogP contribution is -2.32. The fraction of sp³-hybridized carbons (Fsp3) is 0.308. The van der Waals surface area contributed by atoms with Crippen molar-refractivity contribution in [3.63, 3.8) is 0 Å². The average molecular weight is 334 g/mol. The van der Waals surface area contributed by atoms with Crippen molar-refractivity contribution in [3.05, 3.63) is 39.9 Å². The van der Waals surface area contributed by atoms with Gasteiger partial charge in [-0.3, -0.25) is 4.79 Å². The summed E-state index contributed by atoms with van der Waals surface area (Å²) in [5.41, 5.74) is 0.853. The van der Waals surface area contributed by atoms with Gasteiger partial charge in [-0.2, -0.15) is 13.2 Å². The molecule has 0 radical (unpaired) electrons. The maximum absolute atomic E-state index is 12.5. The van der Waals surface area contributed by atoms with Crippen LogP contribution in [0, 0.1) is 0 Å². The van der Waals surface area contributed by atoms with Crippen LogP contribution in [-0.2, 0) is 0 Å². The van der Waals surface area contributed by atoms with Crippen molar-refractivity contribution >= 4 is 27.9 Å². The van der Waals surface area contributed by atoms with Gasteiger partial charge in [0.1, 0.15) is 6.29 Å². The molecule has 0 unspecified atom stereocenters. The van der Waals surface area contributed by atoms with Crippen molar-refractivity contribution in [2.24, 2.45) is 0 Å². The van der Waals surface area contributed by atoms with Crippen LogP contribution in [0.5, 0.6) is 0 Å². The van der Waals surface area contributed by atoms with E-state index in [0.717, 1.165) is 12.0 Å². The molecule has 102 valence electrons. The molecule has 0 bridgehead atoms. The molecular weight excluding hydrogens is 323 g/mol. The van der Waals surface area contributed by atoms with Crippen LogP contribution < -0.4 is 4.90 Å². The van der Waals surface area contributed by atoms with Gasteiger partial charge in [0.25, 0.3) is 0 Å². The number of alkyl halides is 3. The SMILES string of the molecule is O=Cc1ccc(N2CC=C(C(F)(F)F)CC2)c(Br)c1. The monoisotopic (exact) mass is 333 g/mol. The van der Waals surface area contributed by atoms with Gasteiger partial charge in [-0.05, 0) is 40.5 Å². The van der Waals surface area contributed by atoms with E-state index in [1.807, 2.05) is 4.90 Å². The molecule has 0 spiro atoms. The number of benzene rings is 1. The minimum atomic E-state index is -4.23. The van der Waals surface area contributed by atoms with E-state index in [4.69, 9.17) is 0 Å². The molecule has 0 atom stereocenters. The fourth-order valence-electron chi connectivity index (χ4n) is 2.00. The molecule has 1 heterocycles. The third-order valence-corrected chi connectivity index (χ3v) is 3.66. The summed E-state index contributed by atoms with van der Waals surface area (Å²) < 4.78 is 38.3. The Balaban J connectivity index is 2.18. The second-order valence-electron chi connectivity index (χ2n) is 4.25. The Labute approximate surface area is 117 Å². The zero-order chi connectivity index (χ0) is 14.0. The molecular formula is C13H11BrF3NO. The highest BCUT2D eigenvalue weighted by molar-refractivity contribution is 9.10. The largest absolute Gasteiger partial charge is 0.412 e. The van der Waals surface area contributed by atoms with Crippen LogP contribution in [0.25, 0.3) is 0 Å². The van der Waals surface area contributed by atoms with E-state index in [1.54, 1.807) is 18.2 Å². The zero-order valence-corrected chi connectivity index (χ0v) is 11.5. The third-order valence-electron chi connectivity index (χ3n) is 3.02. The van der Waals surface area contributed by atoms with Crippen LogP contribution in [0.15, 0.2) is 34.3 Å². The summed E-state index contributed by atoms with van der Waals surface area (Å²) in [4.78, 5) is 12.5. The maximum atomic E-state index is 12.5. The van der Waals surface area contributed by atoms with Crippen molar-refractivity contribution in [2.45, 2.75) is 12.6 Å². The molecule has 1 aliphatic heterocycles. The fourth-order valence-corrected chi connectivity index (χ4v) is 2.65. The van der Waals surface area contributed by atoms with E-state index < -0.39 is 11.7 Å². The van der Waals surface area contributed by atoms with Crippen molar-refractivity contribution in [1.82, 2.24) is 0 Å². The van der Waals surface area contributed by atoms with Crippen LogP contribution in [-0.4, -0.2) is 25.6 Å². The average Bonchev–Trinajstić information content (AvgIpc) is 2.37. The molecule has 19 heavy (non-hydrogen) atoms. The molecule has 0 fully saturated rings. The number of hydrogen-bond donors (Lipinski definition) is 0. The quantitative estimate of drug-likeness (QED) is 0.603.